The summed E-state index contributed by atoms with van der Waals surface area (Å²) in [6, 6.07) is 6.94. The zero-order valence-corrected chi connectivity index (χ0v) is 9.73. The topological polar surface area (TPSA) is 89.0 Å². The molecule has 0 bridgehead atoms. The Kier molecular flexibility index (Phi) is 4.23. The minimum atomic E-state index is -0.726. The third-order valence-corrected chi connectivity index (χ3v) is 2.02. The predicted molar refractivity (Wildman–Crippen MR) is 62.3 cm³/mol. The van der Waals surface area contributed by atoms with Crippen molar-refractivity contribution in [3.63, 3.8) is 0 Å². The van der Waals surface area contributed by atoms with Crippen LogP contribution in [0.4, 0.5) is 0 Å². The van der Waals surface area contributed by atoms with Gasteiger partial charge in [0.1, 0.15) is 6.07 Å². The number of esters is 1. The lowest BCUT2D eigenvalue weighted by Crippen LogP contribution is -2.13. The van der Waals surface area contributed by atoms with Gasteiger partial charge in [-0.3, -0.25) is 4.98 Å². The van der Waals surface area contributed by atoms with Crippen LogP contribution in [0.2, 0.25) is 0 Å². The first-order valence-electron chi connectivity index (χ1n) is 5.11. The first-order valence-corrected chi connectivity index (χ1v) is 5.11. The highest BCUT2D eigenvalue weighted by Gasteiger charge is 2.16. The Labute approximate surface area is 99.5 Å². The van der Waals surface area contributed by atoms with E-state index >= 15 is 0 Å². The monoisotopic (exact) mass is 231 g/mol. The van der Waals surface area contributed by atoms with Gasteiger partial charge in [0.15, 0.2) is 5.57 Å². The number of nitrogens with two attached hydrogens (primary N) is 1. The molecule has 5 nitrogen and oxygen atoms in total. The van der Waals surface area contributed by atoms with Crippen LogP contribution in [0.1, 0.15) is 18.3 Å². The summed E-state index contributed by atoms with van der Waals surface area (Å²) in [7, 11) is 0. The van der Waals surface area contributed by atoms with E-state index in [4.69, 9.17) is 15.7 Å². The lowest BCUT2D eigenvalue weighted by Gasteiger charge is -2.05. The van der Waals surface area contributed by atoms with Crippen LogP contribution in [0.15, 0.2) is 23.8 Å². The Bertz CT molecular complexity index is 501. The minimum absolute atomic E-state index is 0.0367. The van der Waals surface area contributed by atoms with E-state index in [1.807, 2.05) is 0 Å². The molecule has 17 heavy (non-hydrogen) atoms. The Morgan fingerprint density at radius 3 is 2.82 bits per heavy atom. The second kappa shape index (κ2) is 5.66. The summed E-state index contributed by atoms with van der Waals surface area (Å²) in [6.45, 7) is 3.65. The Morgan fingerprint density at radius 2 is 2.29 bits per heavy atom. The largest absolute Gasteiger partial charge is 0.462 e. The molecule has 1 aromatic rings. The third-order valence-electron chi connectivity index (χ3n) is 2.02. The molecule has 0 radical (unpaired) electrons. The highest BCUT2D eigenvalue weighted by atomic mass is 16.5. The molecule has 0 aliphatic rings. The standard InChI is InChI=1S/C12H13N3O2/c1-3-17-12(16)9(7-13)11(14)10-6-4-5-8(2)15-10/h4-6H,3,14H2,1-2H3/b11-9-. The number of rotatable bonds is 3. The molecule has 0 unspecified atom stereocenters. The fraction of sp³-hybridized carbons (Fsp3) is 0.250. The maximum atomic E-state index is 11.5. The zero-order chi connectivity index (χ0) is 12.8. The van der Waals surface area contributed by atoms with Gasteiger partial charge in [0, 0.05) is 5.69 Å². The number of pyridine rings is 1. The van der Waals surface area contributed by atoms with Crippen molar-refractivity contribution in [1.82, 2.24) is 4.98 Å². The van der Waals surface area contributed by atoms with Crippen molar-refractivity contribution < 1.29 is 9.53 Å². The van der Waals surface area contributed by atoms with E-state index in [1.165, 1.54) is 0 Å². The van der Waals surface area contributed by atoms with Crippen molar-refractivity contribution in [3.05, 3.63) is 35.2 Å². The lowest BCUT2D eigenvalue weighted by molar-refractivity contribution is -0.137. The summed E-state index contributed by atoms with van der Waals surface area (Å²) in [5.41, 5.74) is 6.72. The molecule has 1 heterocycles. The molecule has 2 N–H and O–H groups in total. The van der Waals surface area contributed by atoms with Crippen LogP contribution in [0.5, 0.6) is 0 Å². The van der Waals surface area contributed by atoms with E-state index < -0.39 is 5.97 Å². The van der Waals surface area contributed by atoms with E-state index in [1.54, 1.807) is 38.1 Å². The van der Waals surface area contributed by atoms with Gasteiger partial charge in [0.05, 0.1) is 18.0 Å². The number of ether oxygens (including phenoxy) is 1. The number of aromatic nitrogens is 1. The van der Waals surface area contributed by atoms with Crippen molar-refractivity contribution in [1.29, 1.82) is 5.26 Å². The van der Waals surface area contributed by atoms with Crippen LogP contribution in [-0.2, 0) is 9.53 Å². The molecule has 1 rings (SSSR count). The number of carbonyl (C=O) groups excluding carboxylic acids is 1. The van der Waals surface area contributed by atoms with Gasteiger partial charge in [-0.15, -0.1) is 0 Å². The maximum Gasteiger partial charge on any atom is 0.351 e. The minimum Gasteiger partial charge on any atom is -0.462 e. The number of aryl methyl sites for hydroxylation is 1. The van der Waals surface area contributed by atoms with Crippen molar-refractivity contribution in [3.8, 4) is 6.07 Å². The van der Waals surface area contributed by atoms with Crippen LogP contribution < -0.4 is 5.73 Å². The Balaban J connectivity index is 3.18. The summed E-state index contributed by atoms with van der Waals surface area (Å²) in [6.07, 6.45) is 0. The molecular formula is C12H13N3O2. The third kappa shape index (κ3) is 3.05. The number of carbonyl (C=O) groups is 1. The Morgan fingerprint density at radius 1 is 1.59 bits per heavy atom. The molecule has 1 aromatic heterocycles. The van der Waals surface area contributed by atoms with E-state index in [0.717, 1.165) is 5.69 Å². The number of nitriles is 1. The van der Waals surface area contributed by atoms with Crippen molar-refractivity contribution in [2.45, 2.75) is 13.8 Å². The van der Waals surface area contributed by atoms with Gasteiger partial charge in [0.25, 0.3) is 0 Å². The lowest BCUT2D eigenvalue weighted by atomic mass is 10.1. The molecular weight excluding hydrogens is 218 g/mol. The van der Waals surface area contributed by atoms with Crippen LogP contribution in [0.25, 0.3) is 5.70 Å². The molecule has 0 spiro atoms. The average molecular weight is 231 g/mol. The predicted octanol–water partition coefficient (Wildman–Crippen LogP) is 1.15. The molecule has 0 amide bonds. The quantitative estimate of drug-likeness (QED) is 0.478. The summed E-state index contributed by atoms with van der Waals surface area (Å²) in [5.74, 6) is -0.726. The normalized spacial score (nSPS) is 11.4. The first-order chi connectivity index (χ1) is 8.10. The SMILES string of the molecule is CCOC(=O)/C(C#N)=C(\N)c1cccc(C)n1. The van der Waals surface area contributed by atoms with E-state index in [0.29, 0.717) is 5.69 Å². The highest BCUT2D eigenvalue weighted by Crippen LogP contribution is 2.12. The first kappa shape index (κ1) is 12.7. The van der Waals surface area contributed by atoms with Gasteiger partial charge in [0.2, 0.25) is 0 Å². The fourth-order valence-electron chi connectivity index (χ4n) is 1.24. The molecule has 5 heteroatoms. The molecule has 0 saturated heterocycles. The van der Waals surface area contributed by atoms with Crippen LogP contribution >= 0.6 is 0 Å². The molecule has 0 aliphatic heterocycles. The molecule has 88 valence electrons. The smallest absolute Gasteiger partial charge is 0.351 e. The molecule has 0 aliphatic carbocycles. The van der Waals surface area contributed by atoms with Crippen molar-refractivity contribution in [2.75, 3.05) is 6.61 Å². The zero-order valence-electron chi connectivity index (χ0n) is 9.73. The summed E-state index contributed by atoms with van der Waals surface area (Å²) >= 11 is 0. The molecule has 0 atom stereocenters. The summed E-state index contributed by atoms with van der Waals surface area (Å²) < 4.78 is 4.74. The highest BCUT2D eigenvalue weighted by molar-refractivity contribution is 6.00. The number of nitrogens with zero attached hydrogens (tertiary/aromatic N) is 2. The van der Waals surface area contributed by atoms with Crippen LogP contribution in [0, 0.1) is 18.3 Å². The molecule has 0 fully saturated rings. The average Bonchev–Trinajstić information content (AvgIpc) is 2.30. The number of hydrogen-bond acceptors (Lipinski definition) is 5. The summed E-state index contributed by atoms with van der Waals surface area (Å²) in [4.78, 5) is 15.6. The molecule has 0 aromatic carbocycles. The van der Waals surface area contributed by atoms with E-state index in [9.17, 15) is 4.79 Å². The van der Waals surface area contributed by atoms with Crippen molar-refractivity contribution in [2.24, 2.45) is 5.73 Å². The Hall–Kier alpha value is -2.35. The second-order valence-electron chi connectivity index (χ2n) is 3.29. The van der Waals surface area contributed by atoms with E-state index in [2.05, 4.69) is 4.98 Å². The summed E-state index contributed by atoms with van der Waals surface area (Å²) in [5, 5.41) is 8.91. The van der Waals surface area contributed by atoms with Gasteiger partial charge in [-0.25, -0.2) is 4.79 Å². The van der Waals surface area contributed by atoms with Crippen LogP contribution in [-0.4, -0.2) is 17.6 Å². The second-order valence-corrected chi connectivity index (χ2v) is 3.29. The van der Waals surface area contributed by atoms with Crippen LogP contribution in [0.3, 0.4) is 0 Å². The maximum absolute atomic E-state index is 11.5. The van der Waals surface area contributed by atoms with Gasteiger partial charge in [-0.2, -0.15) is 5.26 Å². The van der Waals surface area contributed by atoms with Gasteiger partial charge >= 0.3 is 5.97 Å². The van der Waals surface area contributed by atoms with Crippen molar-refractivity contribution >= 4 is 11.7 Å². The van der Waals surface area contributed by atoms with E-state index in [-0.39, 0.29) is 17.9 Å². The van der Waals surface area contributed by atoms with Gasteiger partial charge < -0.3 is 10.5 Å². The fourth-order valence-corrected chi connectivity index (χ4v) is 1.24. The number of hydrogen-bond donors (Lipinski definition) is 1. The molecule has 0 saturated carbocycles. The van der Waals surface area contributed by atoms with Gasteiger partial charge in [-0.05, 0) is 26.0 Å². The van der Waals surface area contributed by atoms with Gasteiger partial charge in [-0.1, -0.05) is 6.07 Å².